The third-order valence-corrected chi connectivity index (χ3v) is 2.03. The molecule has 8 heavy (non-hydrogen) atoms. The Morgan fingerprint density at radius 2 is 2.25 bits per heavy atom. The second kappa shape index (κ2) is 3.63. The maximum atomic E-state index is 3.21. The maximum Gasteiger partial charge on any atom is 3.00 e. The van der Waals surface area contributed by atoms with Crippen molar-refractivity contribution in [3.63, 3.8) is 0 Å². The fraction of sp³-hybridized carbons (Fsp3) is 0.333. The largest absolute Gasteiger partial charge is 3.00 e. The summed E-state index contributed by atoms with van der Waals surface area (Å²) in [5.41, 5.74) is 1.30. The van der Waals surface area contributed by atoms with Crippen LogP contribution in [0.1, 0.15) is 13.7 Å². The maximum absolute atomic E-state index is 3.21. The van der Waals surface area contributed by atoms with E-state index in [4.69, 9.17) is 0 Å². The van der Waals surface area contributed by atoms with E-state index in [0.29, 0.717) is 0 Å². The molecule has 1 aromatic heterocycles. The molecule has 0 bridgehead atoms. The van der Waals surface area contributed by atoms with Crippen LogP contribution in [0.4, 0.5) is 0 Å². The monoisotopic (exact) mass is 158 g/mol. The van der Waals surface area contributed by atoms with Crippen molar-refractivity contribution in [2.45, 2.75) is 13.8 Å². The van der Waals surface area contributed by atoms with Gasteiger partial charge in [0.2, 0.25) is 0 Å². The Kier molecular flexibility index (Phi) is 3.93. The van der Waals surface area contributed by atoms with Gasteiger partial charge in [-0.15, -0.1) is 5.30 Å². The fourth-order valence-electron chi connectivity index (χ4n) is 0.584. The summed E-state index contributed by atoms with van der Waals surface area (Å²) in [4.78, 5) is 0. The zero-order valence-electron chi connectivity index (χ0n) is 7.15. The smallest absolute Gasteiger partial charge is 1.00 e. The predicted molar refractivity (Wildman–Crippen MR) is 36.5 cm³/mol. The summed E-state index contributed by atoms with van der Waals surface area (Å²) in [5, 5.41) is 1.39. The molecule has 1 atom stereocenters. The van der Waals surface area contributed by atoms with Gasteiger partial charge in [0.1, 0.15) is 0 Å². The standard InChI is InChI=1S/C6H8P.Sc.2H/c1-5-3-6(2)7-4-5;;;/h4,7H,1-2H3;;;/q-1;+3;2*-1. The second-order valence-corrected chi connectivity index (χ2v) is 3.05. The van der Waals surface area contributed by atoms with Gasteiger partial charge in [-0.05, 0) is 0 Å². The van der Waals surface area contributed by atoms with Crippen LogP contribution in [0.3, 0.4) is 0 Å². The van der Waals surface area contributed by atoms with Gasteiger partial charge in [-0.25, -0.2) is 19.8 Å². The van der Waals surface area contributed by atoms with Crippen molar-refractivity contribution in [1.29, 1.82) is 0 Å². The molecule has 1 heterocycles. The van der Waals surface area contributed by atoms with E-state index in [1.807, 2.05) is 0 Å². The van der Waals surface area contributed by atoms with Gasteiger partial charge < -0.3 is 2.85 Å². The van der Waals surface area contributed by atoms with Gasteiger partial charge >= 0.3 is 25.8 Å². The van der Waals surface area contributed by atoms with Crippen LogP contribution in [0.25, 0.3) is 0 Å². The summed E-state index contributed by atoms with van der Waals surface area (Å²) in [6, 6.07) is 3.21. The van der Waals surface area contributed by atoms with Gasteiger partial charge in [0, 0.05) is 0 Å². The predicted octanol–water partition coefficient (Wildman–Crippen LogP) is 2.36. The molecule has 42 valence electrons. The third kappa shape index (κ3) is 2.28. The molecule has 0 saturated carbocycles. The van der Waals surface area contributed by atoms with E-state index in [1.165, 1.54) is 10.9 Å². The fourth-order valence-corrected chi connectivity index (χ4v) is 1.36. The van der Waals surface area contributed by atoms with Crippen LogP contribution in [0.2, 0.25) is 0 Å². The quantitative estimate of drug-likeness (QED) is 0.508. The van der Waals surface area contributed by atoms with Crippen LogP contribution in [0, 0.1) is 19.9 Å². The van der Waals surface area contributed by atoms with Crippen molar-refractivity contribution < 1.29 is 28.7 Å². The Hall–Kier alpha value is 0.650. The van der Waals surface area contributed by atoms with Gasteiger partial charge in [0.15, 0.2) is 0 Å². The minimum absolute atomic E-state index is 0. The van der Waals surface area contributed by atoms with Crippen LogP contribution in [0.15, 0.2) is 5.80 Å². The molecule has 0 aliphatic carbocycles. The first kappa shape index (κ1) is 8.65. The first-order valence-corrected chi connectivity index (χ1v) is 3.40. The van der Waals surface area contributed by atoms with Crippen LogP contribution in [0.5, 0.6) is 0 Å². The minimum atomic E-state index is 0. The number of rotatable bonds is 0. The summed E-state index contributed by atoms with van der Waals surface area (Å²) >= 11 is 0. The van der Waals surface area contributed by atoms with E-state index in [1.54, 1.807) is 0 Å². The Bertz CT molecular complexity index is 148. The molecule has 1 unspecified atom stereocenters. The van der Waals surface area contributed by atoms with Gasteiger partial charge in [0.05, 0.1) is 0 Å². The van der Waals surface area contributed by atoms with Crippen molar-refractivity contribution in [2.24, 2.45) is 0 Å². The van der Waals surface area contributed by atoms with E-state index in [0.717, 1.165) is 8.19 Å². The average molecular weight is 158 g/mol. The number of hydrogen-bond acceptors (Lipinski definition) is 0. The van der Waals surface area contributed by atoms with Crippen molar-refractivity contribution >= 4 is 8.19 Å². The molecule has 0 fully saturated rings. The molecule has 0 saturated heterocycles. The molecule has 0 aromatic carbocycles. The molecule has 1 aromatic rings. The topological polar surface area (TPSA) is 0 Å². The van der Waals surface area contributed by atoms with Crippen LogP contribution >= 0.6 is 8.19 Å². The molecular weight excluding hydrogens is 148 g/mol. The van der Waals surface area contributed by atoms with E-state index < -0.39 is 0 Å². The number of hydrogen-bond donors (Lipinski definition) is 0. The van der Waals surface area contributed by atoms with Gasteiger partial charge in [-0.2, -0.15) is 5.80 Å². The van der Waals surface area contributed by atoms with Crippen molar-refractivity contribution in [1.82, 2.24) is 0 Å². The van der Waals surface area contributed by atoms with Gasteiger partial charge in [-0.3, -0.25) is 0 Å². The van der Waals surface area contributed by atoms with E-state index >= 15 is 0 Å². The summed E-state index contributed by atoms with van der Waals surface area (Å²) in [7, 11) is 0.906. The van der Waals surface area contributed by atoms with Crippen LogP contribution in [-0.4, -0.2) is 0 Å². The van der Waals surface area contributed by atoms with E-state index in [-0.39, 0.29) is 28.7 Å². The molecule has 1 rings (SSSR count). The summed E-state index contributed by atoms with van der Waals surface area (Å²) in [6.45, 7) is 4.20. The molecule has 0 amide bonds. The van der Waals surface area contributed by atoms with Crippen LogP contribution < -0.4 is 0 Å². The van der Waals surface area contributed by atoms with Crippen molar-refractivity contribution in [3.8, 4) is 0 Å². The summed E-state index contributed by atoms with van der Waals surface area (Å²) < 4.78 is 0. The van der Waals surface area contributed by atoms with Gasteiger partial charge in [0.25, 0.3) is 0 Å². The second-order valence-electron chi connectivity index (χ2n) is 1.72. The first-order chi connectivity index (χ1) is 3.29. The molecule has 2 heteroatoms. The zero-order chi connectivity index (χ0) is 5.28. The molecule has 0 nitrogen and oxygen atoms in total. The average Bonchev–Trinajstić information content (AvgIpc) is 1.87. The molecule has 0 aliphatic rings. The zero-order valence-corrected chi connectivity index (χ0v) is 7.96. The van der Waals surface area contributed by atoms with Crippen LogP contribution in [-0.2, 0) is 25.8 Å². The molecule has 0 N–H and O–H groups in total. The summed E-state index contributed by atoms with van der Waals surface area (Å²) in [5.74, 6) is 2.22. The van der Waals surface area contributed by atoms with Crippen molar-refractivity contribution in [3.05, 3.63) is 22.7 Å². The first-order valence-electron chi connectivity index (χ1n) is 2.33. The molecule has 0 aliphatic heterocycles. The Labute approximate surface area is 73.5 Å². The Morgan fingerprint density at radius 3 is 2.38 bits per heavy atom. The number of aryl methyl sites for hydroxylation is 2. The van der Waals surface area contributed by atoms with E-state index in [9.17, 15) is 0 Å². The molecular formula is C6H10PSc. The molecule has 0 radical (unpaired) electrons. The minimum Gasteiger partial charge on any atom is -1.00 e. The third-order valence-electron chi connectivity index (χ3n) is 0.890. The Morgan fingerprint density at radius 1 is 1.62 bits per heavy atom. The van der Waals surface area contributed by atoms with E-state index in [2.05, 4.69) is 25.7 Å². The Balaban J connectivity index is -0.000000163. The molecule has 0 spiro atoms. The SMILES string of the molecule is Cc1[c-]c(C)[pH]c1.[H-].[H-].[Sc+3]. The summed E-state index contributed by atoms with van der Waals surface area (Å²) in [6.07, 6.45) is 0. The normalized spacial score (nSPS) is 9.25. The van der Waals surface area contributed by atoms with Crippen molar-refractivity contribution in [2.75, 3.05) is 0 Å². The van der Waals surface area contributed by atoms with Gasteiger partial charge in [-0.1, -0.05) is 13.8 Å².